The van der Waals surface area contributed by atoms with Crippen LogP contribution in [-0.2, 0) is 6.18 Å². The summed E-state index contributed by atoms with van der Waals surface area (Å²) in [6, 6.07) is 4.05. The molecule has 6 nitrogen and oxygen atoms in total. The largest absolute Gasteiger partial charge is 0.493 e. The molecule has 0 amide bonds. The fourth-order valence-corrected chi connectivity index (χ4v) is 1.97. The van der Waals surface area contributed by atoms with E-state index in [1.807, 2.05) is 0 Å². The van der Waals surface area contributed by atoms with Gasteiger partial charge in [0.15, 0.2) is 11.5 Å². The highest BCUT2D eigenvalue weighted by molar-refractivity contribution is 7.13. The van der Waals surface area contributed by atoms with Crippen LogP contribution in [0.3, 0.4) is 0 Å². The van der Waals surface area contributed by atoms with Crippen molar-refractivity contribution in [1.82, 2.24) is 10.2 Å². The predicted octanol–water partition coefficient (Wildman–Crippen LogP) is 3.06. The van der Waals surface area contributed by atoms with Gasteiger partial charge >= 0.3 is 12.1 Å². The summed E-state index contributed by atoms with van der Waals surface area (Å²) in [4.78, 5) is 11.1. The van der Waals surface area contributed by atoms with E-state index in [4.69, 9.17) is 14.6 Å². The zero-order valence-corrected chi connectivity index (χ0v) is 11.2. The van der Waals surface area contributed by atoms with E-state index in [0.717, 1.165) is 0 Å². The number of benzene rings is 1. The second-order valence-electron chi connectivity index (χ2n) is 3.62. The molecule has 0 atom stereocenters. The topological polar surface area (TPSA) is 81.5 Å². The summed E-state index contributed by atoms with van der Waals surface area (Å²) in [5, 5.41) is 13.6. The molecule has 0 saturated heterocycles. The lowest BCUT2D eigenvalue weighted by molar-refractivity contribution is -0.138. The van der Waals surface area contributed by atoms with Crippen LogP contribution in [0.2, 0.25) is 0 Å². The molecule has 0 saturated carbocycles. The van der Waals surface area contributed by atoms with Crippen LogP contribution >= 0.6 is 11.3 Å². The van der Waals surface area contributed by atoms with Crippen LogP contribution in [0.15, 0.2) is 18.2 Å². The summed E-state index contributed by atoms with van der Waals surface area (Å²) in [6.45, 7) is 0. The third-order valence-electron chi connectivity index (χ3n) is 2.27. The number of carboxylic acids is 1. The van der Waals surface area contributed by atoms with Crippen LogP contribution < -0.4 is 9.47 Å². The van der Waals surface area contributed by atoms with Gasteiger partial charge in [-0.15, -0.1) is 5.10 Å². The second kappa shape index (κ2) is 5.56. The van der Waals surface area contributed by atoms with Gasteiger partial charge in [-0.25, -0.2) is 4.79 Å². The van der Waals surface area contributed by atoms with Gasteiger partial charge in [0.2, 0.25) is 5.01 Å². The number of nitrogens with zero attached hydrogens (tertiary/aromatic N) is 2. The maximum atomic E-state index is 12.4. The van der Waals surface area contributed by atoms with Gasteiger partial charge in [-0.05, 0) is 12.1 Å². The Morgan fingerprint density at radius 2 is 2.05 bits per heavy atom. The molecule has 2 aromatic rings. The number of ether oxygens (including phenoxy) is 2. The van der Waals surface area contributed by atoms with E-state index in [1.54, 1.807) is 0 Å². The quantitative estimate of drug-likeness (QED) is 0.932. The molecule has 0 aliphatic rings. The van der Waals surface area contributed by atoms with Crippen molar-refractivity contribution in [1.29, 1.82) is 0 Å². The Bertz CT molecular complexity index is 672. The molecule has 112 valence electrons. The molecule has 1 heterocycles. The van der Waals surface area contributed by atoms with E-state index < -0.39 is 22.3 Å². The number of aromatic carboxylic acids is 1. The normalized spacial score (nSPS) is 11.2. The summed E-state index contributed by atoms with van der Waals surface area (Å²) in [6.07, 6.45) is -4.64. The SMILES string of the molecule is COc1cccc(C(=O)O)c1Oc1nnc(C(F)(F)F)s1. The van der Waals surface area contributed by atoms with Crippen LogP contribution in [0.25, 0.3) is 0 Å². The molecule has 1 aromatic heterocycles. The molecule has 0 spiro atoms. The minimum absolute atomic E-state index is 0.0543. The first-order chi connectivity index (χ1) is 9.82. The Morgan fingerprint density at radius 3 is 2.57 bits per heavy atom. The van der Waals surface area contributed by atoms with E-state index in [0.29, 0.717) is 0 Å². The molecule has 21 heavy (non-hydrogen) atoms. The van der Waals surface area contributed by atoms with E-state index >= 15 is 0 Å². The van der Waals surface area contributed by atoms with Gasteiger partial charge in [0.1, 0.15) is 5.56 Å². The summed E-state index contributed by atoms with van der Waals surface area (Å²) in [7, 11) is 1.27. The van der Waals surface area contributed by atoms with Gasteiger partial charge in [0.05, 0.1) is 7.11 Å². The highest BCUT2D eigenvalue weighted by Gasteiger charge is 2.36. The Hall–Kier alpha value is -2.36. The summed E-state index contributed by atoms with van der Waals surface area (Å²) < 4.78 is 47.3. The lowest BCUT2D eigenvalue weighted by Gasteiger charge is -2.10. The fraction of sp³-hybridized carbons (Fsp3) is 0.182. The number of halogens is 3. The number of carboxylic acid groups (broad SMARTS) is 1. The van der Waals surface area contributed by atoms with Gasteiger partial charge < -0.3 is 14.6 Å². The second-order valence-corrected chi connectivity index (χ2v) is 4.56. The first kappa shape index (κ1) is 15.0. The third-order valence-corrected chi connectivity index (χ3v) is 3.11. The molecule has 0 fully saturated rings. The molecule has 0 bridgehead atoms. The molecule has 2 rings (SSSR count). The summed E-state index contributed by atoms with van der Waals surface area (Å²) in [5.74, 6) is -1.50. The number of hydrogen-bond acceptors (Lipinski definition) is 6. The lowest BCUT2D eigenvalue weighted by Crippen LogP contribution is -2.03. The average Bonchev–Trinajstić information content (AvgIpc) is 2.87. The van der Waals surface area contributed by atoms with Crippen LogP contribution in [0.4, 0.5) is 13.2 Å². The van der Waals surface area contributed by atoms with Crippen molar-refractivity contribution in [2.75, 3.05) is 7.11 Å². The van der Waals surface area contributed by atoms with Gasteiger partial charge in [-0.1, -0.05) is 22.5 Å². The average molecular weight is 320 g/mol. The van der Waals surface area contributed by atoms with Crippen molar-refractivity contribution < 1.29 is 32.5 Å². The first-order valence-electron chi connectivity index (χ1n) is 5.31. The Kier molecular flexibility index (Phi) is 3.98. The number of methoxy groups -OCH3 is 1. The Morgan fingerprint density at radius 1 is 1.33 bits per heavy atom. The van der Waals surface area contributed by atoms with Crippen molar-refractivity contribution in [3.8, 4) is 16.7 Å². The smallest absolute Gasteiger partial charge is 0.445 e. The molecule has 0 aliphatic heterocycles. The fourth-order valence-electron chi connectivity index (χ4n) is 1.40. The third kappa shape index (κ3) is 3.21. The van der Waals surface area contributed by atoms with Crippen LogP contribution in [0.1, 0.15) is 15.4 Å². The highest BCUT2D eigenvalue weighted by atomic mass is 32.1. The van der Waals surface area contributed by atoms with E-state index in [2.05, 4.69) is 10.2 Å². The van der Waals surface area contributed by atoms with E-state index in [9.17, 15) is 18.0 Å². The maximum Gasteiger partial charge on any atom is 0.445 e. The predicted molar refractivity (Wildman–Crippen MR) is 64.9 cm³/mol. The van der Waals surface area contributed by atoms with Crippen LogP contribution in [-0.4, -0.2) is 28.4 Å². The highest BCUT2D eigenvalue weighted by Crippen LogP contribution is 2.39. The number of rotatable bonds is 4. The zero-order chi connectivity index (χ0) is 15.6. The molecular formula is C11H7F3N2O4S. The van der Waals surface area contributed by atoms with Gasteiger partial charge in [0, 0.05) is 0 Å². The van der Waals surface area contributed by atoms with Crippen LogP contribution in [0.5, 0.6) is 16.7 Å². The number of hydrogen-bond donors (Lipinski definition) is 1. The molecule has 0 aliphatic carbocycles. The van der Waals surface area contributed by atoms with Crippen molar-refractivity contribution in [2.24, 2.45) is 0 Å². The van der Waals surface area contributed by atoms with Crippen LogP contribution in [0, 0.1) is 0 Å². The van der Waals surface area contributed by atoms with Crippen molar-refractivity contribution in [2.45, 2.75) is 6.18 Å². The Balaban J connectivity index is 2.39. The van der Waals surface area contributed by atoms with Gasteiger partial charge in [-0.2, -0.15) is 13.2 Å². The number of para-hydroxylation sites is 1. The molecule has 0 unspecified atom stereocenters. The van der Waals surface area contributed by atoms with Crippen molar-refractivity contribution in [3.05, 3.63) is 28.8 Å². The Labute approximate surface area is 119 Å². The molecular weight excluding hydrogens is 313 g/mol. The maximum absolute atomic E-state index is 12.4. The number of alkyl halides is 3. The van der Waals surface area contributed by atoms with E-state index in [1.165, 1.54) is 25.3 Å². The lowest BCUT2D eigenvalue weighted by atomic mass is 10.2. The van der Waals surface area contributed by atoms with E-state index in [-0.39, 0.29) is 28.4 Å². The molecule has 1 aromatic carbocycles. The van der Waals surface area contributed by atoms with Crippen molar-refractivity contribution in [3.63, 3.8) is 0 Å². The minimum atomic E-state index is -4.64. The van der Waals surface area contributed by atoms with Crippen molar-refractivity contribution >= 4 is 17.3 Å². The minimum Gasteiger partial charge on any atom is -0.493 e. The zero-order valence-electron chi connectivity index (χ0n) is 10.3. The number of carbonyl (C=O) groups is 1. The summed E-state index contributed by atoms with van der Waals surface area (Å²) in [5.41, 5.74) is -0.266. The monoisotopic (exact) mass is 320 g/mol. The van der Waals surface area contributed by atoms with Gasteiger partial charge in [-0.3, -0.25) is 0 Å². The molecule has 10 heteroatoms. The van der Waals surface area contributed by atoms with Gasteiger partial charge in [0.25, 0.3) is 5.19 Å². The first-order valence-corrected chi connectivity index (χ1v) is 6.13. The number of aromatic nitrogens is 2. The molecule has 1 N–H and O–H groups in total. The standard InChI is InChI=1S/C11H7F3N2O4S/c1-19-6-4-2-3-5(8(17)18)7(6)20-10-16-15-9(21-10)11(12,13)14/h2-4H,1H3,(H,17,18). The summed E-state index contributed by atoms with van der Waals surface area (Å²) >= 11 is 0.156. The molecule has 0 radical (unpaired) electrons.